The highest BCUT2D eigenvalue weighted by atomic mass is 127. The summed E-state index contributed by atoms with van der Waals surface area (Å²) in [6.45, 7) is 0. The van der Waals surface area contributed by atoms with Gasteiger partial charge < -0.3 is 5.21 Å². The first kappa shape index (κ1) is 8.73. The van der Waals surface area contributed by atoms with Gasteiger partial charge in [0.1, 0.15) is 5.15 Å². The van der Waals surface area contributed by atoms with Crippen LogP contribution in [0.4, 0.5) is 0 Å². The molecule has 11 heavy (non-hydrogen) atoms. The standard InChI is InChI=1S/C6H4ClIN2O/c7-6-4(3-10-11)5(8)1-2-9-6/h1-3,11H/b10-3-. The summed E-state index contributed by atoms with van der Waals surface area (Å²) >= 11 is 7.77. The molecule has 0 radical (unpaired) electrons. The molecule has 0 saturated carbocycles. The van der Waals surface area contributed by atoms with Crippen molar-refractivity contribution in [1.82, 2.24) is 4.98 Å². The van der Waals surface area contributed by atoms with Crippen LogP contribution >= 0.6 is 34.2 Å². The first-order valence-electron chi connectivity index (χ1n) is 2.73. The Morgan fingerprint density at radius 3 is 3.00 bits per heavy atom. The first-order valence-corrected chi connectivity index (χ1v) is 4.19. The summed E-state index contributed by atoms with van der Waals surface area (Å²) in [7, 11) is 0. The van der Waals surface area contributed by atoms with Crippen LogP contribution in [-0.4, -0.2) is 16.4 Å². The molecule has 0 aliphatic carbocycles. The van der Waals surface area contributed by atoms with Crippen molar-refractivity contribution < 1.29 is 5.21 Å². The zero-order chi connectivity index (χ0) is 8.27. The lowest BCUT2D eigenvalue weighted by atomic mass is 10.3. The average molecular weight is 282 g/mol. The molecule has 0 spiro atoms. The van der Waals surface area contributed by atoms with E-state index in [2.05, 4.69) is 32.7 Å². The number of halogens is 2. The Bertz CT molecular complexity index is 270. The molecule has 58 valence electrons. The largest absolute Gasteiger partial charge is 0.411 e. The first-order chi connectivity index (χ1) is 5.25. The summed E-state index contributed by atoms with van der Waals surface area (Å²) in [6, 6.07) is 1.78. The number of hydrogen-bond donors (Lipinski definition) is 1. The summed E-state index contributed by atoms with van der Waals surface area (Å²) in [5.74, 6) is 0. The highest BCUT2D eigenvalue weighted by Crippen LogP contribution is 2.16. The Morgan fingerprint density at radius 2 is 2.45 bits per heavy atom. The Balaban J connectivity index is 3.20. The predicted octanol–water partition coefficient (Wildman–Crippen LogP) is 2.15. The third kappa shape index (κ3) is 2.03. The zero-order valence-electron chi connectivity index (χ0n) is 5.33. The highest BCUT2D eigenvalue weighted by molar-refractivity contribution is 14.1. The number of pyridine rings is 1. The molecule has 5 heteroatoms. The molecule has 0 unspecified atom stereocenters. The van der Waals surface area contributed by atoms with Crippen LogP contribution in [0.5, 0.6) is 0 Å². The molecule has 0 aliphatic heterocycles. The Hall–Kier alpha value is -0.360. The Morgan fingerprint density at radius 1 is 1.73 bits per heavy atom. The van der Waals surface area contributed by atoms with E-state index >= 15 is 0 Å². The van der Waals surface area contributed by atoms with Gasteiger partial charge in [-0.25, -0.2) is 4.98 Å². The fourth-order valence-electron chi connectivity index (χ4n) is 0.599. The number of rotatable bonds is 1. The summed E-state index contributed by atoms with van der Waals surface area (Å²) in [5.41, 5.74) is 0.636. The fourth-order valence-corrected chi connectivity index (χ4v) is 1.52. The van der Waals surface area contributed by atoms with Crippen LogP contribution in [0.15, 0.2) is 17.4 Å². The second-order valence-corrected chi connectivity index (χ2v) is 3.26. The van der Waals surface area contributed by atoms with Gasteiger partial charge in [-0.15, -0.1) is 0 Å². The van der Waals surface area contributed by atoms with E-state index in [4.69, 9.17) is 16.8 Å². The van der Waals surface area contributed by atoms with E-state index in [1.54, 1.807) is 12.3 Å². The molecule has 0 bridgehead atoms. The summed E-state index contributed by atoms with van der Waals surface area (Å²) in [5, 5.41) is 11.5. The van der Waals surface area contributed by atoms with Gasteiger partial charge in [0, 0.05) is 15.3 Å². The maximum atomic E-state index is 8.25. The fraction of sp³-hybridized carbons (Fsp3) is 0. The number of nitrogens with zero attached hydrogens (tertiary/aromatic N) is 2. The van der Waals surface area contributed by atoms with Crippen LogP contribution in [0.25, 0.3) is 0 Å². The minimum absolute atomic E-state index is 0.342. The maximum absolute atomic E-state index is 8.25. The van der Waals surface area contributed by atoms with E-state index in [-0.39, 0.29) is 0 Å². The normalized spacial score (nSPS) is 10.7. The van der Waals surface area contributed by atoms with Crippen molar-refractivity contribution in [2.45, 2.75) is 0 Å². The Labute approximate surface area is 82.2 Å². The molecule has 0 aliphatic rings. The lowest BCUT2D eigenvalue weighted by Crippen LogP contribution is -1.90. The summed E-state index contributed by atoms with van der Waals surface area (Å²) < 4.78 is 0.903. The number of hydrogen-bond acceptors (Lipinski definition) is 3. The third-order valence-electron chi connectivity index (χ3n) is 1.08. The van der Waals surface area contributed by atoms with Crippen molar-refractivity contribution in [3.8, 4) is 0 Å². The van der Waals surface area contributed by atoms with Crippen LogP contribution in [0.3, 0.4) is 0 Å². The second-order valence-electron chi connectivity index (χ2n) is 1.74. The van der Waals surface area contributed by atoms with E-state index in [0.29, 0.717) is 10.7 Å². The van der Waals surface area contributed by atoms with E-state index in [9.17, 15) is 0 Å². The van der Waals surface area contributed by atoms with E-state index in [1.165, 1.54) is 6.21 Å². The van der Waals surface area contributed by atoms with Crippen LogP contribution in [0.2, 0.25) is 5.15 Å². The molecule has 1 rings (SSSR count). The molecule has 1 heterocycles. The van der Waals surface area contributed by atoms with Gasteiger partial charge in [-0.1, -0.05) is 16.8 Å². The van der Waals surface area contributed by atoms with Crippen LogP contribution in [0.1, 0.15) is 5.56 Å². The quantitative estimate of drug-likeness (QED) is 0.282. The summed E-state index contributed by atoms with van der Waals surface area (Å²) in [6.07, 6.45) is 2.86. The molecule has 0 atom stereocenters. The highest BCUT2D eigenvalue weighted by Gasteiger charge is 2.01. The van der Waals surface area contributed by atoms with E-state index in [0.717, 1.165) is 3.57 Å². The molecule has 1 N–H and O–H groups in total. The van der Waals surface area contributed by atoms with Crippen molar-refractivity contribution >= 4 is 40.4 Å². The van der Waals surface area contributed by atoms with Crippen molar-refractivity contribution in [3.63, 3.8) is 0 Å². The third-order valence-corrected chi connectivity index (χ3v) is 2.32. The molecule has 0 saturated heterocycles. The van der Waals surface area contributed by atoms with Gasteiger partial charge in [-0.3, -0.25) is 0 Å². The lowest BCUT2D eigenvalue weighted by Gasteiger charge is -1.97. The van der Waals surface area contributed by atoms with Crippen molar-refractivity contribution in [2.75, 3.05) is 0 Å². The smallest absolute Gasteiger partial charge is 0.138 e. The van der Waals surface area contributed by atoms with Gasteiger partial charge in [0.05, 0.1) is 6.21 Å². The summed E-state index contributed by atoms with van der Waals surface area (Å²) in [4.78, 5) is 3.82. The molecule has 3 nitrogen and oxygen atoms in total. The maximum Gasteiger partial charge on any atom is 0.138 e. The minimum Gasteiger partial charge on any atom is -0.411 e. The van der Waals surface area contributed by atoms with E-state index < -0.39 is 0 Å². The Kier molecular flexibility index (Phi) is 3.07. The average Bonchev–Trinajstić information content (AvgIpc) is 1.97. The van der Waals surface area contributed by atoms with Gasteiger partial charge in [0.2, 0.25) is 0 Å². The van der Waals surface area contributed by atoms with E-state index in [1.807, 2.05) is 0 Å². The molecule has 0 amide bonds. The second kappa shape index (κ2) is 3.87. The molecule has 0 aromatic carbocycles. The molecule has 1 aromatic rings. The number of oxime groups is 1. The topological polar surface area (TPSA) is 45.5 Å². The van der Waals surface area contributed by atoms with Crippen molar-refractivity contribution in [1.29, 1.82) is 0 Å². The lowest BCUT2D eigenvalue weighted by molar-refractivity contribution is 0.322. The SMILES string of the molecule is O/N=C\c1c(I)ccnc1Cl. The van der Waals surface area contributed by atoms with Crippen LogP contribution < -0.4 is 0 Å². The number of aromatic nitrogens is 1. The van der Waals surface area contributed by atoms with Gasteiger partial charge in [-0.05, 0) is 28.7 Å². The molecule has 0 fully saturated rings. The molecular weight excluding hydrogens is 278 g/mol. The van der Waals surface area contributed by atoms with Crippen LogP contribution in [0, 0.1) is 3.57 Å². The van der Waals surface area contributed by atoms with Crippen LogP contribution in [-0.2, 0) is 0 Å². The predicted molar refractivity (Wildman–Crippen MR) is 51.3 cm³/mol. The minimum atomic E-state index is 0.342. The van der Waals surface area contributed by atoms with Gasteiger partial charge in [-0.2, -0.15) is 0 Å². The molecular formula is C6H4ClIN2O. The van der Waals surface area contributed by atoms with Crippen molar-refractivity contribution in [2.24, 2.45) is 5.16 Å². The van der Waals surface area contributed by atoms with Crippen molar-refractivity contribution in [3.05, 3.63) is 26.5 Å². The zero-order valence-corrected chi connectivity index (χ0v) is 8.24. The van der Waals surface area contributed by atoms with Gasteiger partial charge >= 0.3 is 0 Å². The van der Waals surface area contributed by atoms with Gasteiger partial charge in [0.25, 0.3) is 0 Å². The van der Waals surface area contributed by atoms with Gasteiger partial charge in [0.15, 0.2) is 0 Å². The molecule has 1 aromatic heterocycles. The monoisotopic (exact) mass is 282 g/mol.